The molecule has 2 N–H and O–H groups in total. The molecule has 1 aromatic heterocycles. The Kier molecular flexibility index (Phi) is 5.73. The van der Waals surface area contributed by atoms with Gasteiger partial charge in [-0.3, -0.25) is 9.78 Å². The quantitative estimate of drug-likeness (QED) is 0.816. The van der Waals surface area contributed by atoms with Crippen LogP contribution in [0.2, 0.25) is 0 Å². The first kappa shape index (κ1) is 15.8. The Balaban J connectivity index is 1.84. The lowest BCUT2D eigenvalue weighted by Gasteiger charge is -2.11. The van der Waals surface area contributed by atoms with Crippen LogP contribution >= 0.6 is 0 Å². The molecular weight excluding hydrogens is 282 g/mol. The van der Waals surface area contributed by atoms with Crippen molar-refractivity contribution < 1.29 is 14.3 Å². The maximum absolute atomic E-state index is 11.9. The summed E-state index contributed by atoms with van der Waals surface area (Å²) in [5.41, 5.74) is 1.74. The van der Waals surface area contributed by atoms with Crippen molar-refractivity contribution >= 4 is 11.6 Å². The first-order chi connectivity index (χ1) is 10.7. The number of carbonyl (C=O) groups is 1. The fraction of sp³-hybridized carbons (Fsp3) is 0.250. The minimum Gasteiger partial charge on any atom is -0.493 e. The lowest BCUT2D eigenvalue weighted by Crippen LogP contribution is -2.27. The number of benzene rings is 1. The summed E-state index contributed by atoms with van der Waals surface area (Å²) >= 11 is 0. The summed E-state index contributed by atoms with van der Waals surface area (Å²) in [5.74, 6) is 1.07. The predicted octanol–water partition coefficient (Wildman–Crippen LogP) is 1.83. The van der Waals surface area contributed by atoms with Gasteiger partial charge in [0.1, 0.15) is 0 Å². The van der Waals surface area contributed by atoms with E-state index >= 15 is 0 Å². The Morgan fingerprint density at radius 1 is 1.09 bits per heavy atom. The van der Waals surface area contributed by atoms with E-state index < -0.39 is 0 Å². The molecule has 0 saturated heterocycles. The van der Waals surface area contributed by atoms with Crippen molar-refractivity contribution in [3.63, 3.8) is 0 Å². The van der Waals surface area contributed by atoms with Crippen LogP contribution in [0.15, 0.2) is 42.7 Å². The molecule has 1 amide bonds. The first-order valence-corrected chi connectivity index (χ1v) is 6.84. The Morgan fingerprint density at radius 2 is 1.82 bits per heavy atom. The Morgan fingerprint density at radius 3 is 2.50 bits per heavy atom. The van der Waals surface area contributed by atoms with Crippen molar-refractivity contribution in [1.82, 2.24) is 10.3 Å². The van der Waals surface area contributed by atoms with Crippen LogP contribution in [-0.2, 0) is 11.3 Å². The van der Waals surface area contributed by atoms with Gasteiger partial charge in [0.2, 0.25) is 5.91 Å². The zero-order valence-corrected chi connectivity index (χ0v) is 12.6. The Labute approximate surface area is 129 Å². The topological polar surface area (TPSA) is 72.5 Å². The number of carbonyl (C=O) groups excluding carboxylic acids is 1. The van der Waals surface area contributed by atoms with Gasteiger partial charge in [-0.2, -0.15) is 0 Å². The van der Waals surface area contributed by atoms with E-state index in [2.05, 4.69) is 15.6 Å². The van der Waals surface area contributed by atoms with E-state index in [0.717, 1.165) is 5.56 Å². The summed E-state index contributed by atoms with van der Waals surface area (Å²) < 4.78 is 10.4. The van der Waals surface area contributed by atoms with Crippen molar-refractivity contribution in [1.29, 1.82) is 0 Å². The molecule has 116 valence electrons. The van der Waals surface area contributed by atoms with Crippen LogP contribution in [0.25, 0.3) is 0 Å². The molecular formula is C16H19N3O3. The zero-order chi connectivity index (χ0) is 15.8. The Hall–Kier alpha value is -2.60. The third-order valence-electron chi connectivity index (χ3n) is 3.03. The van der Waals surface area contributed by atoms with Crippen molar-refractivity contribution in [3.05, 3.63) is 48.3 Å². The number of rotatable bonds is 7. The zero-order valence-electron chi connectivity index (χ0n) is 12.6. The molecule has 0 aliphatic carbocycles. The highest BCUT2D eigenvalue weighted by atomic mass is 16.5. The maximum Gasteiger partial charge on any atom is 0.238 e. The fourth-order valence-electron chi connectivity index (χ4n) is 1.94. The van der Waals surface area contributed by atoms with Crippen molar-refractivity contribution in [2.75, 3.05) is 26.1 Å². The largest absolute Gasteiger partial charge is 0.493 e. The smallest absolute Gasteiger partial charge is 0.238 e. The van der Waals surface area contributed by atoms with E-state index in [1.165, 1.54) is 0 Å². The number of hydrogen-bond donors (Lipinski definition) is 2. The van der Waals surface area contributed by atoms with Gasteiger partial charge in [-0.05, 0) is 29.8 Å². The summed E-state index contributed by atoms with van der Waals surface area (Å²) in [6.45, 7) is 0.832. The summed E-state index contributed by atoms with van der Waals surface area (Å²) in [6, 6.07) is 9.04. The summed E-state index contributed by atoms with van der Waals surface area (Å²) in [5, 5.41) is 5.88. The average Bonchev–Trinajstić information content (AvgIpc) is 2.55. The van der Waals surface area contributed by atoms with Crippen LogP contribution in [0.4, 0.5) is 5.69 Å². The predicted molar refractivity (Wildman–Crippen MR) is 84.1 cm³/mol. The van der Waals surface area contributed by atoms with Crippen LogP contribution < -0.4 is 20.1 Å². The molecule has 6 heteroatoms. The van der Waals surface area contributed by atoms with Crippen LogP contribution in [0.3, 0.4) is 0 Å². The van der Waals surface area contributed by atoms with E-state index in [-0.39, 0.29) is 12.5 Å². The van der Waals surface area contributed by atoms with Crippen LogP contribution in [-0.4, -0.2) is 31.7 Å². The number of nitrogens with one attached hydrogen (secondary N) is 2. The van der Waals surface area contributed by atoms with Crippen molar-refractivity contribution in [3.8, 4) is 11.5 Å². The molecule has 1 heterocycles. The third-order valence-corrected chi connectivity index (χ3v) is 3.03. The molecule has 1 aromatic carbocycles. The number of ether oxygens (including phenoxy) is 2. The number of nitrogens with zero attached hydrogens (tertiary/aromatic N) is 1. The van der Waals surface area contributed by atoms with E-state index in [1.54, 1.807) is 44.8 Å². The van der Waals surface area contributed by atoms with E-state index in [4.69, 9.17) is 9.47 Å². The van der Waals surface area contributed by atoms with Crippen molar-refractivity contribution in [2.24, 2.45) is 0 Å². The van der Waals surface area contributed by atoms with E-state index in [1.807, 2.05) is 12.1 Å². The number of hydrogen-bond acceptors (Lipinski definition) is 5. The van der Waals surface area contributed by atoms with Gasteiger partial charge in [-0.25, -0.2) is 0 Å². The molecule has 0 aliphatic heterocycles. The van der Waals surface area contributed by atoms with Gasteiger partial charge in [0, 0.05) is 30.7 Å². The monoisotopic (exact) mass is 301 g/mol. The highest BCUT2D eigenvalue weighted by Gasteiger charge is 2.07. The van der Waals surface area contributed by atoms with Crippen LogP contribution in [0.5, 0.6) is 11.5 Å². The van der Waals surface area contributed by atoms with Gasteiger partial charge in [-0.1, -0.05) is 0 Å². The summed E-state index contributed by atoms with van der Waals surface area (Å²) in [4.78, 5) is 15.8. The second-order valence-corrected chi connectivity index (χ2v) is 4.58. The molecule has 2 aromatic rings. The molecule has 0 radical (unpaired) electrons. The molecule has 0 atom stereocenters. The Bertz CT molecular complexity index is 617. The van der Waals surface area contributed by atoms with Gasteiger partial charge in [0.05, 0.1) is 20.8 Å². The van der Waals surface area contributed by atoms with Crippen LogP contribution in [0, 0.1) is 0 Å². The highest BCUT2D eigenvalue weighted by Crippen LogP contribution is 2.29. The van der Waals surface area contributed by atoms with E-state index in [0.29, 0.717) is 23.7 Å². The second-order valence-electron chi connectivity index (χ2n) is 4.58. The molecule has 0 aliphatic rings. The van der Waals surface area contributed by atoms with E-state index in [9.17, 15) is 4.79 Å². The average molecular weight is 301 g/mol. The normalized spacial score (nSPS) is 10.1. The minimum absolute atomic E-state index is 0.124. The molecule has 0 bridgehead atoms. The maximum atomic E-state index is 11.9. The van der Waals surface area contributed by atoms with Gasteiger partial charge in [-0.15, -0.1) is 0 Å². The molecule has 22 heavy (non-hydrogen) atoms. The molecule has 0 saturated carbocycles. The van der Waals surface area contributed by atoms with Gasteiger partial charge in [0.25, 0.3) is 0 Å². The summed E-state index contributed by atoms with van der Waals surface area (Å²) in [7, 11) is 3.12. The minimum atomic E-state index is -0.124. The van der Waals surface area contributed by atoms with Crippen molar-refractivity contribution in [2.45, 2.75) is 6.54 Å². The standard InChI is InChI=1S/C16H19N3O3/c1-21-14-4-3-13(9-15(14)22-2)19-16(20)11-18-10-12-5-7-17-8-6-12/h3-9,18H,10-11H2,1-2H3,(H,19,20). The highest BCUT2D eigenvalue weighted by molar-refractivity contribution is 5.92. The summed E-state index contributed by atoms with van der Waals surface area (Å²) in [6.07, 6.45) is 3.45. The molecule has 0 fully saturated rings. The SMILES string of the molecule is COc1ccc(NC(=O)CNCc2ccncc2)cc1OC. The third kappa shape index (κ3) is 4.46. The van der Waals surface area contributed by atoms with Gasteiger partial charge in [0.15, 0.2) is 11.5 Å². The molecule has 6 nitrogen and oxygen atoms in total. The van der Waals surface area contributed by atoms with Gasteiger partial charge < -0.3 is 20.1 Å². The lowest BCUT2D eigenvalue weighted by molar-refractivity contribution is -0.115. The number of methoxy groups -OCH3 is 2. The van der Waals surface area contributed by atoms with Gasteiger partial charge >= 0.3 is 0 Å². The number of amides is 1. The lowest BCUT2D eigenvalue weighted by atomic mass is 10.2. The first-order valence-electron chi connectivity index (χ1n) is 6.84. The van der Waals surface area contributed by atoms with Crippen LogP contribution in [0.1, 0.15) is 5.56 Å². The fourth-order valence-corrected chi connectivity index (χ4v) is 1.94. The number of pyridine rings is 1. The molecule has 2 rings (SSSR count). The number of anilines is 1. The number of aromatic nitrogens is 1. The molecule has 0 unspecified atom stereocenters. The molecule has 0 spiro atoms. The second kappa shape index (κ2) is 7.99.